The van der Waals surface area contributed by atoms with Gasteiger partial charge in [0.25, 0.3) is 11.8 Å². The van der Waals surface area contributed by atoms with E-state index in [1.165, 1.54) is 12.3 Å². The Morgan fingerprint density at radius 2 is 1.66 bits per heavy atom. The summed E-state index contributed by atoms with van der Waals surface area (Å²) < 4.78 is 24.4. The van der Waals surface area contributed by atoms with Crippen molar-refractivity contribution in [2.24, 2.45) is 0 Å². The number of hydrogen-bond donors (Lipinski definition) is 2. The van der Waals surface area contributed by atoms with E-state index in [-0.39, 0.29) is 17.4 Å². The van der Waals surface area contributed by atoms with Crippen LogP contribution >= 0.6 is 0 Å². The molecule has 1 aliphatic rings. The summed E-state index contributed by atoms with van der Waals surface area (Å²) in [6, 6.07) is 16.0. The van der Waals surface area contributed by atoms with Gasteiger partial charge < -0.3 is 14.9 Å². The third-order valence-corrected chi connectivity index (χ3v) is 6.80. The van der Waals surface area contributed by atoms with E-state index >= 15 is 0 Å². The van der Waals surface area contributed by atoms with Crippen molar-refractivity contribution in [1.29, 1.82) is 0 Å². The van der Waals surface area contributed by atoms with Crippen molar-refractivity contribution in [3.63, 3.8) is 0 Å². The molecule has 2 N–H and O–H groups in total. The Kier molecular flexibility index (Phi) is 6.64. The Morgan fingerprint density at radius 3 is 2.32 bits per heavy atom. The fourth-order valence-corrected chi connectivity index (χ4v) is 4.90. The van der Waals surface area contributed by atoms with Gasteiger partial charge in [-0.3, -0.25) is 14.6 Å². The number of nitrogens with zero attached hydrogens (tertiary/aromatic N) is 5. The Morgan fingerprint density at radius 1 is 0.921 bits per heavy atom. The summed E-state index contributed by atoms with van der Waals surface area (Å²) in [5.41, 5.74) is 2.11. The lowest BCUT2D eigenvalue weighted by atomic mass is 9.95. The first-order valence-corrected chi connectivity index (χ1v) is 13.6. The molecule has 0 atom stereocenters. The van der Waals surface area contributed by atoms with Gasteiger partial charge in [0.2, 0.25) is 10.0 Å². The van der Waals surface area contributed by atoms with E-state index in [2.05, 4.69) is 15.2 Å². The summed E-state index contributed by atoms with van der Waals surface area (Å²) in [6.07, 6.45) is 3.94. The van der Waals surface area contributed by atoms with Crippen LogP contribution in [0, 0.1) is 0 Å². The van der Waals surface area contributed by atoms with Crippen LogP contribution in [-0.2, 0) is 10.0 Å². The molecule has 0 spiro atoms. The molecule has 1 saturated heterocycles. The van der Waals surface area contributed by atoms with Gasteiger partial charge in [0.1, 0.15) is 5.75 Å². The second-order valence-electron chi connectivity index (χ2n) is 8.90. The molecule has 2 amide bonds. The number of nitrogens with one attached hydrogen (secondary N) is 1. The van der Waals surface area contributed by atoms with E-state index in [9.17, 15) is 23.1 Å². The molecule has 194 valence electrons. The predicted molar refractivity (Wildman–Crippen MR) is 141 cm³/mol. The summed E-state index contributed by atoms with van der Waals surface area (Å²) in [5, 5.41) is 19.5. The van der Waals surface area contributed by atoms with Crippen LogP contribution in [-0.4, -0.2) is 77.9 Å². The van der Waals surface area contributed by atoms with Gasteiger partial charge in [-0.1, -0.05) is 30.3 Å². The molecule has 11 nitrogen and oxygen atoms in total. The molecule has 0 bridgehead atoms. The second-order valence-corrected chi connectivity index (χ2v) is 10.6. The molecular weight excluding hydrogens is 508 g/mol. The number of piperazine rings is 1. The van der Waals surface area contributed by atoms with Crippen LogP contribution in [0.25, 0.3) is 21.9 Å². The van der Waals surface area contributed by atoms with Crippen molar-refractivity contribution < 1.29 is 23.1 Å². The highest BCUT2D eigenvalue weighted by Crippen LogP contribution is 2.32. The lowest BCUT2D eigenvalue weighted by Crippen LogP contribution is -2.49. The number of aromatic hydroxyl groups is 1. The molecule has 1 aliphatic heterocycles. The van der Waals surface area contributed by atoms with Gasteiger partial charge in [-0.05, 0) is 40.6 Å². The van der Waals surface area contributed by atoms with Gasteiger partial charge in [0.05, 0.1) is 12.5 Å². The summed E-state index contributed by atoms with van der Waals surface area (Å²) in [5.74, 6) is -0.329. The first-order chi connectivity index (χ1) is 18.2. The van der Waals surface area contributed by atoms with Crippen molar-refractivity contribution in [3.05, 3.63) is 78.2 Å². The quantitative estimate of drug-likeness (QED) is 0.394. The monoisotopic (exact) mass is 532 g/mol. The normalized spacial score (nSPS) is 13.9. The van der Waals surface area contributed by atoms with Gasteiger partial charge in [0, 0.05) is 43.5 Å². The van der Waals surface area contributed by atoms with Crippen LogP contribution in [0.15, 0.2) is 67.0 Å². The van der Waals surface area contributed by atoms with Gasteiger partial charge in [-0.15, -0.1) is 10.2 Å². The highest BCUT2D eigenvalue weighted by atomic mass is 32.2. The van der Waals surface area contributed by atoms with Crippen LogP contribution in [0.4, 0.5) is 5.82 Å². The smallest absolute Gasteiger partial charge is 0.285 e. The zero-order chi connectivity index (χ0) is 26.9. The maximum atomic E-state index is 13.5. The zero-order valence-corrected chi connectivity index (χ0v) is 21.2. The molecule has 2 aromatic carbocycles. The molecule has 5 rings (SSSR count). The van der Waals surface area contributed by atoms with Crippen molar-refractivity contribution in [2.75, 3.05) is 37.3 Å². The van der Waals surface area contributed by atoms with E-state index in [4.69, 9.17) is 0 Å². The van der Waals surface area contributed by atoms with Crippen LogP contribution in [0.1, 0.15) is 20.8 Å². The molecule has 38 heavy (non-hydrogen) atoms. The predicted octanol–water partition coefficient (Wildman–Crippen LogP) is 2.05. The average Bonchev–Trinajstić information content (AvgIpc) is 2.91. The van der Waals surface area contributed by atoms with Gasteiger partial charge in [-0.25, -0.2) is 13.1 Å². The van der Waals surface area contributed by atoms with E-state index in [0.29, 0.717) is 37.6 Å². The maximum Gasteiger partial charge on any atom is 0.285 e. The molecule has 2 aromatic heterocycles. The molecule has 0 unspecified atom stereocenters. The van der Waals surface area contributed by atoms with Crippen LogP contribution < -0.4 is 9.62 Å². The summed E-state index contributed by atoms with van der Waals surface area (Å²) in [6.45, 7) is 1.95. The van der Waals surface area contributed by atoms with Crippen LogP contribution in [0.2, 0.25) is 0 Å². The van der Waals surface area contributed by atoms with E-state index in [1.54, 1.807) is 23.2 Å². The molecule has 0 aliphatic carbocycles. The number of anilines is 1. The fraction of sp³-hybridized carbons (Fsp3) is 0.192. The molecule has 3 heterocycles. The minimum atomic E-state index is -3.70. The van der Waals surface area contributed by atoms with Crippen molar-refractivity contribution >= 4 is 38.4 Å². The van der Waals surface area contributed by atoms with Gasteiger partial charge in [-0.2, -0.15) is 0 Å². The van der Waals surface area contributed by atoms with Crippen molar-refractivity contribution in [2.45, 2.75) is 0 Å². The number of fused-ring (bicyclic) bond motifs is 1. The van der Waals surface area contributed by atoms with Gasteiger partial charge >= 0.3 is 0 Å². The minimum absolute atomic E-state index is 0.0705. The highest BCUT2D eigenvalue weighted by Gasteiger charge is 2.25. The summed E-state index contributed by atoms with van der Waals surface area (Å²) in [4.78, 5) is 33.3. The molecule has 1 fully saturated rings. The number of carbonyl (C=O) groups is 2. The number of benzene rings is 2. The molecule has 4 aromatic rings. The van der Waals surface area contributed by atoms with Crippen LogP contribution in [0.3, 0.4) is 0 Å². The number of amides is 2. The summed E-state index contributed by atoms with van der Waals surface area (Å²) >= 11 is 0. The number of aromatic nitrogens is 3. The lowest BCUT2D eigenvalue weighted by molar-refractivity contribution is 0.0748. The van der Waals surface area contributed by atoms with Crippen LogP contribution in [0.5, 0.6) is 5.75 Å². The van der Waals surface area contributed by atoms with E-state index in [1.807, 2.05) is 46.0 Å². The van der Waals surface area contributed by atoms with E-state index in [0.717, 1.165) is 28.2 Å². The topological polar surface area (TPSA) is 146 Å². The number of sulfonamides is 1. The highest BCUT2D eigenvalue weighted by molar-refractivity contribution is 7.89. The largest absolute Gasteiger partial charge is 0.506 e. The molecule has 0 radical (unpaired) electrons. The number of carbonyl (C=O) groups excluding carboxylic acids is 2. The minimum Gasteiger partial charge on any atom is -0.506 e. The van der Waals surface area contributed by atoms with Crippen molar-refractivity contribution in [3.8, 4) is 16.9 Å². The summed E-state index contributed by atoms with van der Waals surface area (Å²) in [7, 11) is -3.70. The average molecular weight is 533 g/mol. The third kappa shape index (κ3) is 5.25. The first-order valence-electron chi connectivity index (χ1n) is 11.8. The number of hydrogen-bond acceptors (Lipinski definition) is 9. The SMILES string of the molecule is CS(=O)(=O)NC(=O)c1ccc(N2CCN(C(=O)c3ccc(-c4cncc(O)c4)c4ccccc34)CC2)nn1. The standard InChI is InChI=1S/C26H24N6O5S/c1-38(36,37)30-25(34)23-8-9-24(29-28-23)31-10-12-32(13-11-31)26(35)22-7-6-19(17-14-18(33)16-27-15-17)20-4-2-3-5-21(20)22/h2-9,14-16,33H,10-13H2,1H3,(H,30,34). The third-order valence-electron chi connectivity index (χ3n) is 6.24. The van der Waals surface area contributed by atoms with Crippen molar-refractivity contribution in [1.82, 2.24) is 24.8 Å². The number of rotatable bonds is 5. The Bertz CT molecular complexity index is 1630. The molecule has 12 heteroatoms. The van der Waals surface area contributed by atoms with E-state index < -0.39 is 15.9 Å². The zero-order valence-electron chi connectivity index (χ0n) is 20.4. The Labute approximate surface area is 218 Å². The maximum absolute atomic E-state index is 13.5. The lowest BCUT2D eigenvalue weighted by Gasteiger charge is -2.35. The second kappa shape index (κ2) is 10.1. The molecular formula is C26H24N6O5S. The first kappa shape index (κ1) is 25.1. The molecule has 0 saturated carbocycles. The van der Waals surface area contributed by atoms with Gasteiger partial charge in [0.15, 0.2) is 11.5 Å². The Hall–Kier alpha value is -4.58. The number of pyridine rings is 1. The Balaban J connectivity index is 1.31. The fourth-order valence-electron chi connectivity index (χ4n) is 4.46.